The minimum absolute atomic E-state index is 0.0185. The van der Waals surface area contributed by atoms with E-state index in [-0.39, 0.29) is 23.0 Å². The maximum atomic E-state index is 11.9. The fraction of sp³-hybridized carbons (Fsp3) is 0.214. The van der Waals surface area contributed by atoms with Gasteiger partial charge < -0.3 is 14.5 Å². The van der Waals surface area contributed by atoms with Crippen molar-refractivity contribution in [3.63, 3.8) is 0 Å². The van der Waals surface area contributed by atoms with Crippen molar-refractivity contribution in [2.24, 2.45) is 0 Å². The molecule has 0 radical (unpaired) electrons. The van der Waals surface area contributed by atoms with Crippen LogP contribution in [-0.4, -0.2) is 16.9 Å². The van der Waals surface area contributed by atoms with Crippen molar-refractivity contribution in [2.45, 2.75) is 19.6 Å². The zero-order valence-corrected chi connectivity index (χ0v) is 12.4. The zero-order chi connectivity index (χ0) is 16.1. The van der Waals surface area contributed by atoms with E-state index in [0.717, 1.165) is 0 Å². The Kier molecular flexibility index (Phi) is 5.00. The standard InChI is InChI=1S/C14H13ClN2O5/c1-9(14(18)16-8-11-3-2-6-21-11)22-13-5-4-10(15)7-12(13)17(19)20/h2-7,9H,8H2,1H3,(H,16,18)/t9-/m0/s1. The molecule has 2 aromatic rings. The molecule has 1 amide bonds. The average Bonchev–Trinajstić information content (AvgIpc) is 2.99. The average molecular weight is 325 g/mol. The Labute approximate surface area is 131 Å². The van der Waals surface area contributed by atoms with Crippen LogP contribution in [-0.2, 0) is 11.3 Å². The van der Waals surface area contributed by atoms with Crippen LogP contribution < -0.4 is 10.1 Å². The van der Waals surface area contributed by atoms with Crippen molar-refractivity contribution in [1.29, 1.82) is 0 Å². The molecule has 0 aliphatic heterocycles. The summed E-state index contributed by atoms with van der Waals surface area (Å²) >= 11 is 5.72. The summed E-state index contributed by atoms with van der Waals surface area (Å²) in [6, 6.07) is 7.41. The number of nitro groups is 1. The van der Waals surface area contributed by atoms with Gasteiger partial charge in [0.2, 0.25) is 0 Å². The van der Waals surface area contributed by atoms with Crippen LogP contribution in [0.1, 0.15) is 12.7 Å². The van der Waals surface area contributed by atoms with Crippen LogP contribution in [0, 0.1) is 10.1 Å². The van der Waals surface area contributed by atoms with Gasteiger partial charge in [-0.3, -0.25) is 14.9 Å². The molecule has 8 heteroatoms. The first-order chi connectivity index (χ1) is 10.5. The van der Waals surface area contributed by atoms with Crippen LogP contribution in [0.2, 0.25) is 5.02 Å². The van der Waals surface area contributed by atoms with Crippen LogP contribution in [0.4, 0.5) is 5.69 Å². The number of carbonyl (C=O) groups excluding carboxylic acids is 1. The number of hydrogen-bond acceptors (Lipinski definition) is 5. The van der Waals surface area contributed by atoms with Crippen LogP contribution in [0.25, 0.3) is 0 Å². The summed E-state index contributed by atoms with van der Waals surface area (Å²) < 4.78 is 10.4. The number of nitro benzene ring substituents is 1. The number of nitrogens with one attached hydrogen (secondary N) is 1. The molecule has 2 rings (SSSR count). The summed E-state index contributed by atoms with van der Waals surface area (Å²) in [6.07, 6.45) is 0.591. The highest BCUT2D eigenvalue weighted by molar-refractivity contribution is 6.30. The Hall–Kier alpha value is -2.54. The molecule has 7 nitrogen and oxygen atoms in total. The Morgan fingerprint density at radius 2 is 2.27 bits per heavy atom. The van der Waals surface area contributed by atoms with Gasteiger partial charge in [-0.2, -0.15) is 0 Å². The number of carbonyl (C=O) groups is 1. The predicted molar refractivity (Wildman–Crippen MR) is 78.8 cm³/mol. The number of furan rings is 1. The van der Waals surface area contributed by atoms with E-state index in [0.29, 0.717) is 5.76 Å². The third-order valence-electron chi connectivity index (χ3n) is 2.81. The number of ether oxygens (including phenoxy) is 1. The van der Waals surface area contributed by atoms with E-state index >= 15 is 0 Å². The van der Waals surface area contributed by atoms with Crippen LogP contribution >= 0.6 is 11.6 Å². The highest BCUT2D eigenvalue weighted by Crippen LogP contribution is 2.30. The first kappa shape index (κ1) is 15.8. The first-order valence-corrected chi connectivity index (χ1v) is 6.76. The second kappa shape index (κ2) is 6.95. The zero-order valence-electron chi connectivity index (χ0n) is 11.6. The van der Waals surface area contributed by atoms with Gasteiger partial charge in [0.1, 0.15) is 5.76 Å². The minimum Gasteiger partial charge on any atom is -0.474 e. The molecule has 116 valence electrons. The lowest BCUT2D eigenvalue weighted by molar-refractivity contribution is -0.386. The maximum absolute atomic E-state index is 11.9. The highest BCUT2D eigenvalue weighted by atomic mass is 35.5. The number of nitrogens with zero attached hydrogens (tertiary/aromatic N) is 1. The van der Waals surface area contributed by atoms with E-state index in [9.17, 15) is 14.9 Å². The minimum atomic E-state index is -0.908. The van der Waals surface area contributed by atoms with Crippen molar-refractivity contribution in [1.82, 2.24) is 5.32 Å². The molecule has 22 heavy (non-hydrogen) atoms. The topological polar surface area (TPSA) is 94.6 Å². The normalized spacial score (nSPS) is 11.7. The van der Waals surface area contributed by atoms with E-state index in [1.807, 2.05) is 0 Å². The van der Waals surface area contributed by atoms with Gasteiger partial charge >= 0.3 is 5.69 Å². The third-order valence-corrected chi connectivity index (χ3v) is 3.04. The Bertz CT molecular complexity index is 672. The quantitative estimate of drug-likeness (QED) is 0.651. The SMILES string of the molecule is C[C@H](Oc1ccc(Cl)cc1[N+](=O)[O-])C(=O)NCc1ccco1. The lowest BCUT2D eigenvalue weighted by Crippen LogP contribution is -2.35. The lowest BCUT2D eigenvalue weighted by atomic mass is 10.3. The van der Waals surface area contributed by atoms with Crippen molar-refractivity contribution < 1.29 is 18.9 Å². The highest BCUT2D eigenvalue weighted by Gasteiger charge is 2.21. The number of benzene rings is 1. The fourth-order valence-corrected chi connectivity index (χ4v) is 1.87. The van der Waals surface area contributed by atoms with Gasteiger partial charge in [0.05, 0.1) is 17.7 Å². The second-order valence-corrected chi connectivity index (χ2v) is 4.86. The van der Waals surface area contributed by atoms with E-state index in [1.54, 1.807) is 12.1 Å². The number of rotatable bonds is 6. The summed E-state index contributed by atoms with van der Waals surface area (Å²) in [4.78, 5) is 22.3. The van der Waals surface area contributed by atoms with Crippen molar-refractivity contribution in [3.05, 3.63) is 57.5 Å². The molecular weight excluding hydrogens is 312 g/mol. The van der Waals surface area contributed by atoms with Gasteiger partial charge in [-0.15, -0.1) is 0 Å². The molecule has 1 aromatic heterocycles. The molecule has 0 unspecified atom stereocenters. The Morgan fingerprint density at radius 1 is 1.50 bits per heavy atom. The molecular formula is C14H13ClN2O5. The van der Waals surface area contributed by atoms with Crippen LogP contribution in [0.3, 0.4) is 0 Å². The second-order valence-electron chi connectivity index (χ2n) is 4.43. The fourth-order valence-electron chi connectivity index (χ4n) is 1.71. The van der Waals surface area contributed by atoms with Crippen molar-refractivity contribution in [3.8, 4) is 5.75 Å². The van der Waals surface area contributed by atoms with Gasteiger partial charge in [-0.25, -0.2) is 0 Å². The van der Waals surface area contributed by atoms with Crippen LogP contribution in [0.15, 0.2) is 41.0 Å². The lowest BCUT2D eigenvalue weighted by Gasteiger charge is -2.14. The van der Waals surface area contributed by atoms with E-state index in [4.69, 9.17) is 20.8 Å². The summed E-state index contributed by atoms with van der Waals surface area (Å²) in [7, 11) is 0. The molecule has 0 fully saturated rings. The Morgan fingerprint density at radius 3 is 2.91 bits per heavy atom. The van der Waals surface area contributed by atoms with E-state index in [1.165, 1.54) is 31.4 Å². The molecule has 0 aliphatic rings. The number of hydrogen-bond donors (Lipinski definition) is 1. The van der Waals surface area contributed by atoms with Gasteiger partial charge in [-0.1, -0.05) is 11.6 Å². The van der Waals surface area contributed by atoms with Crippen molar-refractivity contribution >= 4 is 23.2 Å². The first-order valence-electron chi connectivity index (χ1n) is 6.38. The van der Waals surface area contributed by atoms with Crippen molar-refractivity contribution in [2.75, 3.05) is 0 Å². The molecule has 0 spiro atoms. The maximum Gasteiger partial charge on any atom is 0.312 e. The summed E-state index contributed by atoms with van der Waals surface area (Å²) in [5.41, 5.74) is -0.293. The van der Waals surface area contributed by atoms with Gasteiger partial charge in [0.15, 0.2) is 11.9 Å². The predicted octanol–water partition coefficient (Wildman–Crippen LogP) is 2.92. The molecule has 1 aromatic carbocycles. The molecule has 1 heterocycles. The number of halogens is 1. The van der Waals surface area contributed by atoms with Crippen LogP contribution in [0.5, 0.6) is 5.75 Å². The summed E-state index contributed by atoms with van der Waals surface area (Å²) in [5.74, 6) is 0.161. The molecule has 1 atom stereocenters. The molecule has 0 aliphatic carbocycles. The van der Waals surface area contributed by atoms with E-state index < -0.39 is 16.9 Å². The Balaban J connectivity index is 2.00. The monoisotopic (exact) mass is 324 g/mol. The van der Waals surface area contributed by atoms with Gasteiger partial charge in [0, 0.05) is 11.1 Å². The molecule has 0 bridgehead atoms. The number of amides is 1. The summed E-state index contributed by atoms with van der Waals surface area (Å²) in [6.45, 7) is 1.71. The van der Waals surface area contributed by atoms with Gasteiger partial charge in [0.25, 0.3) is 5.91 Å². The third kappa shape index (κ3) is 3.98. The largest absolute Gasteiger partial charge is 0.474 e. The molecule has 0 saturated carbocycles. The molecule has 1 N–H and O–H groups in total. The smallest absolute Gasteiger partial charge is 0.312 e. The van der Waals surface area contributed by atoms with Gasteiger partial charge in [-0.05, 0) is 31.2 Å². The summed E-state index contributed by atoms with van der Waals surface area (Å²) in [5, 5.41) is 13.8. The molecule has 0 saturated heterocycles. The van der Waals surface area contributed by atoms with E-state index in [2.05, 4.69) is 5.32 Å².